The van der Waals surface area contributed by atoms with Crippen LogP contribution in [-0.2, 0) is 19.8 Å². The Balaban J connectivity index is 1.71. The van der Waals surface area contributed by atoms with Crippen LogP contribution in [0.4, 0.5) is 0 Å². The zero-order valence-electron chi connectivity index (χ0n) is 21.6. The second-order valence-corrected chi connectivity index (χ2v) is 13.4. The van der Waals surface area contributed by atoms with Gasteiger partial charge in [0.1, 0.15) is 12.1 Å². The highest BCUT2D eigenvalue weighted by molar-refractivity contribution is 7.87. The van der Waals surface area contributed by atoms with E-state index in [2.05, 4.69) is 35.5 Å². The molecule has 10 heteroatoms. The maximum Gasteiger partial charge on any atom is 0.321 e. The van der Waals surface area contributed by atoms with Crippen LogP contribution in [0.3, 0.4) is 0 Å². The van der Waals surface area contributed by atoms with E-state index < -0.39 is 28.3 Å². The third kappa shape index (κ3) is 6.56. The number of rotatable bonds is 13. The normalized spacial score (nSPS) is 30.2. The molecular weight excluding hydrogens is 468 g/mol. The van der Waals surface area contributed by atoms with Crippen molar-refractivity contribution >= 4 is 22.1 Å². The number of carbonyl (C=O) groups is 2. The Hall–Kier alpha value is -1.23. The summed E-state index contributed by atoms with van der Waals surface area (Å²) in [6.07, 6.45) is 10.1. The molecule has 0 unspecified atom stereocenters. The van der Waals surface area contributed by atoms with Crippen LogP contribution in [0.1, 0.15) is 97.8 Å². The Bertz CT molecular complexity index is 858. The van der Waals surface area contributed by atoms with Crippen LogP contribution < -0.4 is 20.5 Å². The van der Waals surface area contributed by atoms with E-state index in [-0.39, 0.29) is 35.1 Å². The second-order valence-electron chi connectivity index (χ2n) is 11.9. The summed E-state index contributed by atoms with van der Waals surface area (Å²) in [5.74, 6) is -0.713. The molecule has 3 saturated carbocycles. The van der Waals surface area contributed by atoms with Crippen LogP contribution in [0, 0.1) is 22.7 Å². The van der Waals surface area contributed by atoms with E-state index in [9.17, 15) is 23.1 Å². The predicted molar refractivity (Wildman–Crippen MR) is 136 cm³/mol. The number of carboxylic acids is 1. The van der Waals surface area contributed by atoms with Gasteiger partial charge in [-0.3, -0.25) is 9.59 Å². The van der Waals surface area contributed by atoms with Gasteiger partial charge in [0.05, 0.1) is 0 Å². The van der Waals surface area contributed by atoms with Gasteiger partial charge in [-0.25, -0.2) is 0 Å². The first kappa shape index (κ1) is 28.3. The van der Waals surface area contributed by atoms with Crippen LogP contribution in [0.5, 0.6) is 0 Å². The second kappa shape index (κ2) is 11.4. The van der Waals surface area contributed by atoms with Crippen molar-refractivity contribution in [2.24, 2.45) is 28.4 Å². The molecular formula is C25H46N4O5S. The molecule has 0 radical (unpaired) electrons. The third-order valence-electron chi connectivity index (χ3n) is 9.56. The zero-order chi connectivity index (χ0) is 25.9. The van der Waals surface area contributed by atoms with E-state index in [1.165, 1.54) is 12.8 Å². The molecule has 0 aromatic heterocycles. The Morgan fingerprint density at radius 1 is 1.03 bits per heavy atom. The quantitative estimate of drug-likeness (QED) is 0.238. The van der Waals surface area contributed by atoms with Crippen LogP contribution in [0.15, 0.2) is 0 Å². The van der Waals surface area contributed by atoms with E-state index >= 15 is 0 Å². The third-order valence-corrected chi connectivity index (χ3v) is 10.8. The van der Waals surface area contributed by atoms with Crippen molar-refractivity contribution in [3.63, 3.8) is 0 Å². The molecule has 6 N–H and O–H groups in total. The number of hydrogen-bond donors (Lipinski definition) is 5. The Morgan fingerprint density at radius 2 is 1.69 bits per heavy atom. The van der Waals surface area contributed by atoms with E-state index in [1.54, 1.807) is 0 Å². The van der Waals surface area contributed by atoms with E-state index in [0.717, 1.165) is 38.5 Å². The Morgan fingerprint density at radius 3 is 2.23 bits per heavy atom. The summed E-state index contributed by atoms with van der Waals surface area (Å²) in [4.78, 5) is 25.2. The molecule has 0 aromatic carbocycles. The maximum atomic E-state index is 13.5. The summed E-state index contributed by atoms with van der Waals surface area (Å²) >= 11 is 0. The molecule has 5 atom stereocenters. The molecule has 202 valence electrons. The van der Waals surface area contributed by atoms with Gasteiger partial charge in [0, 0.05) is 6.04 Å². The molecule has 35 heavy (non-hydrogen) atoms. The van der Waals surface area contributed by atoms with Crippen molar-refractivity contribution in [3.8, 4) is 0 Å². The lowest BCUT2D eigenvalue weighted by Crippen LogP contribution is -2.57. The van der Waals surface area contributed by atoms with Crippen molar-refractivity contribution in [1.82, 2.24) is 14.8 Å². The van der Waals surface area contributed by atoms with Crippen molar-refractivity contribution < 1.29 is 23.1 Å². The summed E-state index contributed by atoms with van der Waals surface area (Å²) in [5, 5.41) is 12.7. The lowest BCUT2D eigenvalue weighted by atomic mass is 9.69. The van der Waals surface area contributed by atoms with Gasteiger partial charge < -0.3 is 16.2 Å². The van der Waals surface area contributed by atoms with Crippen molar-refractivity contribution in [3.05, 3.63) is 0 Å². The average molecular weight is 515 g/mol. The minimum absolute atomic E-state index is 0.0121. The first-order chi connectivity index (χ1) is 16.4. The van der Waals surface area contributed by atoms with Gasteiger partial charge in [-0.2, -0.15) is 17.9 Å². The fourth-order valence-corrected chi connectivity index (χ4v) is 8.03. The summed E-state index contributed by atoms with van der Waals surface area (Å²) in [6.45, 7) is 7.21. The largest absolute Gasteiger partial charge is 0.480 e. The number of fused-ring (bicyclic) bond motifs is 2. The number of nitrogens with two attached hydrogens (primary N) is 1. The van der Waals surface area contributed by atoms with Gasteiger partial charge in [0.25, 0.3) is 10.2 Å². The number of amides is 1. The summed E-state index contributed by atoms with van der Waals surface area (Å²) in [7, 11) is -4.21. The monoisotopic (exact) mass is 514 g/mol. The van der Waals surface area contributed by atoms with Gasteiger partial charge in [0.15, 0.2) is 0 Å². The average Bonchev–Trinajstić information content (AvgIpc) is 3.12. The van der Waals surface area contributed by atoms with Crippen LogP contribution in [0.2, 0.25) is 0 Å². The molecule has 3 aliphatic carbocycles. The van der Waals surface area contributed by atoms with Crippen molar-refractivity contribution in [2.45, 2.75) is 116 Å². The molecule has 3 rings (SSSR count). The lowest BCUT2D eigenvalue weighted by Gasteiger charge is -2.40. The van der Waals surface area contributed by atoms with Crippen LogP contribution in [-0.4, -0.2) is 50.1 Å². The number of nitrogens with one attached hydrogen (secondary N) is 3. The highest BCUT2D eigenvalue weighted by Gasteiger charge is 2.61. The Labute approximate surface area is 210 Å². The van der Waals surface area contributed by atoms with Crippen LogP contribution in [0.25, 0.3) is 0 Å². The molecule has 0 saturated heterocycles. The molecule has 9 nitrogen and oxygen atoms in total. The van der Waals surface area contributed by atoms with Crippen LogP contribution >= 0.6 is 0 Å². The topological polar surface area (TPSA) is 151 Å². The summed E-state index contributed by atoms with van der Waals surface area (Å²) < 4.78 is 30.7. The van der Waals surface area contributed by atoms with E-state index in [4.69, 9.17) is 5.73 Å². The number of carboxylic acid groups (broad SMARTS) is 1. The van der Waals surface area contributed by atoms with Gasteiger partial charge in [-0.15, -0.1) is 0 Å². The summed E-state index contributed by atoms with van der Waals surface area (Å²) in [6, 6.07) is -2.18. The van der Waals surface area contributed by atoms with Crippen molar-refractivity contribution in [2.75, 3.05) is 6.54 Å². The maximum absolute atomic E-state index is 13.5. The zero-order valence-corrected chi connectivity index (χ0v) is 22.5. The fraction of sp³-hybridized carbons (Fsp3) is 0.920. The van der Waals surface area contributed by atoms with Gasteiger partial charge >= 0.3 is 5.97 Å². The summed E-state index contributed by atoms with van der Waals surface area (Å²) in [5.41, 5.74) is 5.59. The highest BCUT2D eigenvalue weighted by Crippen LogP contribution is 2.65. The minimum Gasteiger partial charge on any atom is -0.480 e. The molecule has 1 amide bonds. The fourth-order valence-electron chi connectivity index (χ4n) is 6.79. The first-order valence-corrected chi connectivity index (χ1v) is 14.9. The number of aliphatic carboxylic acids is 1. The SMILES string of the molecule is CC1(C)[C@@H]2CC[C@@]1(C)[C@H](NC(=O)[C@H](CC1CCCCC1)NS(=O)(=O)N[C@@H](CCCCN)C(=O)O)C2. The molecule has 3 fully saturated rings. The molecule has 0 aliphatic heterocycles. The van der Waals surface area contributed by atoms with E-state index in [0.29, 0.717) is 31.7 Å². The molecule has 0 heterocycles. The number of hydrogen-bond acceptors (Lipinski definition) is 5. The molecule has 0 spiro atoms. The lowest BCUT2D eigenvalue weighted by molar-refractivity contribution is -0.139. The smallest absolute Gasteiger partial charge is 0.321 e. The minimum atomic E-state index is -4.21. The van der Waals surface area contributed by atoms with E-state index in [1.807, 2.05) is 0 Å². The molecule has 3 aliphatic rings. The van der Waals surface area contributed by atoms with Gasteiger partial charge in [-0.05, 0) is 67.7 Å². The van der Waals surface area contributed by atoms with Crippen molar-refractivity contribution in [1.29, 1.82) is 0 Å². The van der Waals surface area contributed by atoms with Gasteiger partial charge in [0.2, 0.25) is 5.91 Å². The molecule has 0 aromatic rings. The predicted octanol–water partition coefficient (Wildman–Crippen LogP) is 2.66. The Kier molecular flexibility index (Phi) is 9.26. The first-order valence-electron chi connectivity index (χ1n) is 13.4. The highest BCUT2D eigenvalue weighted by atomic mass is 32.2. The van der Waals surface area contributed by atoms with Gasteiger partial charge in [-0.1, -0.05) is 59.3 Å². The number of unbranched alkanes of at least 4 members (excludes halogenated alkanes) is 1. The number of carbonyl (C=O) groups excluding carboxylic acids is 1. The standard InChI is InChI=1S/C25H46N4O5S/c1-24(2)18-12-13-25(24,3)21(16-18)27-22(30)20(15-17-9-5-4-6-10-17)29-35(33,34)28-19(23(31)32)11-7-8-14-26/h17-21,28-29H,4-16,26H2,1-3H3,(H,27,30)(H,31,32)/t18-,19+,20+,21-,25+/m1/s1. The molecule has 2 bridgehead atoms.